The van der Waals surface area contributed by atoms with Gasteiger partial charge in [-0.15, -0.1) is 0 Å². The maximum absolute atomic E-state index is 12.5. The van der Waals surface area contributed by atoms with Crippen LogP contribution in [-0.4, -0.2) is 22.2 Å². The van der Waals surface area contributed by atoms with E-state index in [-0.39, 0.29) is 5.91 Å². The van der Waals surface area contributed by atoms with Crippen LogP contribution in [-0.2, 0) is 0 Å². The number of nitrogens with zero attached hydrogens (tertiary/aromatic N) is 2. The summed E-state index contributed by atoms with van der Waals surface area (Å²) in [5, 5.41) is 25.9. The zero-order valence-corrected chi connectivity index (χ0v) is 13.8. The Morgan fingerprint density at radius 1 is 1.19 bits per heavy atom. The van der Waals surface area contributed by atoms with Crippen LogP contribution in [0.3, 0.4) is 0 Å². The molecule has 7 heteroatoms. The Balaban J connectivity index is 1.84. The van der Waals surface area contributed by atoms with Crippen molar-refractivity contribution in [2.45, 2.75) is 6.92 Å². The normalized spacial score (nSPS) is 11.0. The van der Waals surface area contributed by atoms with E-state index in [4.69, 9.17) is 0 Å². The van der Waals surface area contributed by atoms with Crippen LogP contribution in [0.5, 0.6) is 5.75 Å². The van der Waals surface area contributed by atoms with Gasteiger partial charge in [0, 0.05) is 11.6 Å². The fourth-order valence-electron chi connectivity index (χ4n) is 2.67. The summed E-state index contributed by atoms with van der Waals surface area (Å²) in [6, 6.07) is 15.2. The zero-order valence-electron chi connectivity index (χ0n) is 13.8. The second kappa shape index (κ2) is 7.02. The molecule has 0 aliphatic carbocycles. The Kier molecular flexibility index (Phi) is 4.62. The van der Waals surface area contributed by atoms with Crippen molar-refractivity contribution in [3.63, 3.8) is 0 Å². The molecule has 0 saturated heterocycles. The quantitative estimate of drug-likeness (QED) is 0.427. The Bertz CT molecular complexity index is 1040. The van der Waals surface area contributed by atoms with Gasteiger partial charge < -0.3 is 5.11 Å². The lowest BCUT2D eigenvalue weighted by molar-refractivity contribution is -0.385. The third-order valence-corrected chi connectivity index (χ3v) is 3.94. The molecule has 0 aromatic heterocycles. The minimum Gasteiger partial charge on any atom is -0.502 e. The maximum atomic E-state index is 12.5. The predicted molar refractivity (Wildman–Crippen MR) is 98.5 cm³/mol. The van der Waals surface area contributed by atoms with Crippen LogP contribution in [0.2, 0.25) is 0 Å². The average molecular weight is 349 g/mol. The number of hydrogen-bond donors (Lipinski definition) is 2. The minimum absolute atomic E-state index is 0.371. The first-order valence-electron chi connectivity index (χ1n) is 7.76. The van der Waals surface area contributed by atoms with Crippen molar-refractivity contribution in [1.82, 2.24) is 5.43 Å². The molecule has 0 bridgehead atoms. The lowest BCUT2D eigenvalue weighted by Crippen LogP contribution is -2.19. The monoisotopic (exact) mass is 349 g/mol. The van der Waals surface area contributed by atoms with Gasteiger partial charge in [-0.3, -0.25) is 14.9 Å². The number of phenols is 1. The Morgan fingerprint density at radius 3 is 2.73 bits per heavy atom. The van der Waals surface area contributed by atoms with E-state index in [2.05, 4.69) is 10.5 Å². The molecule has 0 unspecified atom stereocenters. The number of carbonyl (C=O) groups is 1. The number of phenolic OH excluding ortho intramolecular Hbond substituents is 1. The maximum Gasteiger partial charge on any atom is 0.311 e. The van der Waals surface area contributed by atoms with Crippen LogP contribution in [0, 0.1) is 17.0 Å². The number of nitrogens with one attached hydrogen (secondary N) is 1. The molecule has 0 fully saturated rings. The zero-order chi connectivity index (χ0) is 18.7. The van der Waals surface area contributed by atoms with Crippen molar-refractivity contribution < 1.29 is 14.8 Å². The largest absolute Gasteiger partial charge is 0.502 e. The van der Waals surface area contributed by atoms with Crippen LogP contribution in [0.4, 0.5) is 5.69 Å². The molecule has 3 rings (SSSR count). The van der Waals surface area contributed by atoms with Crippen LogP contribution < -0.4 is 5.43 Å². The molecule has 0 radical (unpaired) electrons. The van der Waals surface area contributed by atoms with Gasteiger partial charge in [0.25, 0.3) is 5.91 Å². The molecule has 0 saturated carbocycles. The molecular formula is C19H15N3O4. The van der Waals surface area contributed by atoms with Crippen molar-refractivity contribution in [2.75, 3.05) is 0 Å². The molecule has 3 aromatic carbocycles. The van der Waals surface area contributed by atoms with E-state index >= 15 is 0 Å². The SMILES string of the molecule is Cc1ccc2ccccc2c1C(=O)N/N=C\c1ccc(O)c([N+](=O)[O-])c1. The number of hydrazone groups is 1. The summed E-state index contributed by atoms with van der Waals surface area (Å²) in [7, 11) is 0. The van der Waals surface area contributed by atoms with E-state index in [1.54, 1.807) is 0 Å². The van der Waals surface area contributed by atoms with Gasteiger partial charge in [-0.2, -0.15) is 5.10 Å². The summed E-state index contributed by atoms with van der Waals surface area (Å²) >= 11 is 0. The molecule has 0 atom stereocenters. The molecule has 0 spiro atoms. The van der Waals surface area contributed by atoms with Crippen molar-refractivity contribution in [3.8, 4) is 5.75 Å². The van der Waals surface area contributed by atoms with Gasteiger partial charge in [0.1, 0.15) is 0 Å². The highest BCUT2D eigenvalue weighted by Crippen LogP contribution is 2.25. The summed E-state index contributed by atoms with van der Waals surface area (Å²) < 4.78 is 0. The van der Waals surface area contributed by atoms with E-state index in [0.717, 1.165) is 16.3 Å². The van der Waals surface area contributed by atoms with E-state index in [1.165, 1.54) is 24.4 Å². The Labute approximate surface area is 148 Å². The molecule has 0 aliphatic heterocycles. The molecular weight excluding hydrogens is 334 g/mol. The molecule has 2 N–H and O–H groups in total. The molecule has 0 aliphatic rings. The molecule has 3 aromatic rings. The van der Waals surface area contributed by atoms with E-state index < -0.39 is 16.4 Å². The number of nitro benzene ring substituents is 1. The summed E-state index contributed by atoms with van der Waals surface area (Å²) in [6.07, 6.45) is 1.28. The first-order valence-corrected chi connectivity index (χ1v) is 7.76. The topological polar surface area (TPSA) is 105 Å². The molecule has 0 heterocycles. The second-order valence-electron chi connectivity index (χ2n) is 5.68. The van der Waals surface area contributed by atoms with Crippen molar-refractivity contribution in [3.05, 3.63) is 81.4 Å². The second-order valence-corrected chi connectivity index (χ2v) is 5.68. The third-order valence-electron chi connectivity index (χ3n) is 3.94. The van der Waals surface area contributed by atoms with Gasteiger partial charge in [-0.05, 0) is 35.4 Å². The standard InChI is InChI=1S/C19H15N3O4/c1-12-6-8-14-4-2-3-5-15(14)18(12)19(24)21-20-11-13-7-9-17(23)16(10-13)22(25)26/h2-11,23H,1H3,(H,21,24)/b20-11-. The summed E-state index contributed by atoms with van der Waals surface area (Å²) in [4.78, 5) is 22.7. The van der Waals surface area contributed by atoms with Gasteiger partial charge in [0.05, 0.1) is 16.7 Å². The van der Waals surface area contributed by atoms with Crippen molar-refractivity contribution in [1.29, 1.82) is 0 Å². The lowest BCUT2D eigenvalue weighted by Gasteiger charge is -2.08. The van der Waals surface area contributed by atoms with Crippen LogP contribution in [0.25, 0.3) is 10.8 Å². The average Bonchev–Trinajstić information content (AvgIpc) is 2.62. The highest BCUT2D eigenvalue weighted by atomic mass is 16.6. The third kappa shape index (κ3) is 3.36. The molecule has 26 heavy (non-hydrogen) atoms. The van der Waals surface area contributed by atoms with Gasteiger partial charge in [-0.1, -0.05) is 36.4 Å². The number of aromatic hydroxyl groups is 1. The number of fused-ring (bicyclic) bond motifs is 1. The summed E-state index contributed by atoms with van der Waals surface area (Å²) in [6.45, 7) is 1.84. The van der Waals surface area contributed by atoms with E-state index in [9.17, 15) is 20.0 Å². The minimum atomic E-state index is -0.690. The lowest BCUT2D eigenvalue weighted by atomic mass is 9.99. The van der Waals surface area contributed by atoms with E-state index in [0.29, 0.717) is 11.1 Å². The number of amides is 1. The molecule has 7 nitrogen and oxygen atoms in total. The first-order chi connectivity index (χ1) is 12.5. The Hall–Kier alpha value is -3.74. The van der Waals surface area contributed by atoms with E-state index in [1.807, 2.05) is 43.3 Å². The summed E-state index contributed by atoms with van der Waals surface area (Å²) in [5.74, 6) is -0.800. The molecule has 130 valence electrons. The predicted octanol–water partition coefficient (Wildman–Crippen LogP) is 3.53. The van der Waals surface area contributed by atoms with Gasteiger partial charge >= 0.3 is 5.69 Å². The molecule has 1 amide bonds. The van der Waals surface area contributed by atoms with Crippen molar-refractivity contribution in [2.24, 2.45) is 5.10 Å². The highest BCUT2D eigenvalue weighted by Gasteiger charge is 2.14. The van der Waals surface area contributed by atoms with Crippen molar-refractivity contribution >= 4 is 28.6 Å². The number of rotatable bonds is 4. The fourth-order valence-corrected chi connectivity index (χ4v) is 2.67. The Morgan fingerprint density at radius 2 is 1.96 bits per heavy atom. The fraction of sp³-hybridized carbons (Fsp3) is 0.0526. The smallest absolute Gasteiger partial charge is 0.311 e. The highest BCUT2D eigenvalue weighted by molar-refractivity contribution is 6.08. The van der Waals surface area contributed by atoms with Crippen LogP contribution >= 0.6 is 0 Å². The van der Waals surface area contributed by atoms with Gasteiger partial charge in [0.15, 0.2) is 5.75 Å². The van der Waals surface area contributed by atoms with Gasteiger partial charge in [0.2, 0.25) is 0 Å². The number of carbonyl (C=O) groups excluding carboxylic acids is 1. The first kappa shape index (κ1) is 17.1. The van der Waals surface area contributed by atoms with Crippen LogP contribution in [0.1, 0.15) is 21.5 Å². The van der Waals surface area contributed by atoms with Gasteiger partial charge in [-0.25, -0.2) is 5.43 Å². The number of nitro groups is 1. The van der Waals surface area contributed by atoms with Crippen LogP contribution in [0.15, 0.2) is 59.7 Å². The number of aryl methyl sites for hydroxylation is 1. The number of benzene rings is 3. The number of hydrogen-bond acceptors (Lipinski definition) is 5. The summed E-state index contributed by atoms with van der Waals surface area (Å²) in [5.41, 5.74) is 3.74.